The van der Waals surface area contributed by atoms with E-state index in [-0.39, 0.29) is 0 Å². The third-order valence-corrected chi connectivity index (χ3v) is 3.96. The molecule has 0 saturated carbocycles. The van der Waals surface area contributed by atoms with E-state index in [1.807, 2.05) is 16.9 Å². The SMILES string of the molecule is c1ccc(Cn2cc(CNCCC3CCOC3)cn2)cc1. The summed E-state index contributed by atoms with van der Waals surface area (Å²) in [6.07, 6.45) is 6.50. The Morgan fingerprint density at radius 2 is 2.14 bits per heavy atom. The molecule has 1 aliphatic heterocycles. The van der Waals surface area contributed by atoms with Gasteiger partial charge in [-0.3, -0.25) is 4.68 Å². The summed E-state index contributed by atoms with van der Waals surface area (Å²) in [5, 5.41) is 7.92. The second kappa shape index (κ2) is 7.38. The molecule has 0 aliphatic carbocycles. The summed E-state index contributed by atoms with van der Waals surface area (Å²) in [6, 6.07) is 10.4. The zero-order valence-electron chi connectivity index (χ0n) is 12.4. The number of hydrogen-bond donors (Lipinski definition) is 1. The Hall–Kier alpha value is -1.65. The molecule has 1 atom stereocenters. The van der Waals surface area contributed by atoms with Crippen molar-refractivity contribution in [3.63, 3.8) is 0 Å². The van der Waals surface area contributed by atoms with Crippen molar-refractivity contribution < 1.29 is 4.74 Å². The van der Waals surface area contributed by atoms with Gasteiger partial charge in [0.15, 0.2) is 0 Å². The summed E-state index contributed by atoms with van der Waals surface area (Å²) < 4.78 is 7.39. The maximum absolute atomic E-state index is 5.39. The molecule has 2 aromatic rings. The fourth-order valence-corrected chi connectivity index (χ4v) is 2.70. The minimum atomic E-state index is 0.748. The second-order valence-corrected chi connectivity index (χ2v) is 5.73. The molecule has 1 aromatic carbocycles. The van der Waals surface area contributed by atoms with Crippen molar-refractivity contribution in [3.05, 3.63) is 53.9 Å². The largest absolute Gasteiger partial charge is 0.381 e. The summed E-state index contributed by atoms with van der Waals surface area (Å²) >= 11 is 0. The summed E-state index contributed by atoms with van der Waals surface area (Å²) in [7, 11) is 0. The van der Waals surface area contributed by atoms with Gasteiger partial charge in [0.2, 0.25) is 0 Å². The van der Waals surface area contributed by atoms with Crippen LogP contribution in [0.1, 0.15) is 24.0 Å². The average molecular weight is 285 g/mol. The molecular weight excluding hydrogens is 262 g/mol. The highest BCUT2D eigenvalue weighted by Gasteiger charge is 2.14. The number of aromatic nitrogens is 2. The predicted molar refractivity (Wildman–Crippen MR) is 83.0 cm³/mol. The van der Waals surface area contributed by atoms with Crippen molar-refractivity contribution in [1.82, 2.24) is 15.1 Å². The van der Waals surface area contributed by atoms with Gasteiger partial charge in [-0.25, -0.2) is 0 Å². The van der Waals surface area contributed by atoms with Crippen LogP contribution in [-0.4, -0.2) is 29.5 Å². The molecule has 4 heteroatoms. The lowest BCUT2D eigenvalue weighted by Gasteiger charge is -2.07. The molecule has 1 aromatic heterocycles. The van der Waals surface area contributed by atoms with Gasteiger partial charge in [-0.1, -0.05) is 30.3 Å². The van der Waals surface area contributed by atoms with Crippen molar-refractivity contribution in [3.8, 4) is 0 Å². The van der Waals surface area contributed by atoms with Crippen LogP contribution < -0.4 is 5.32 Å². The van der Waals surface area contributed by atoms with Gasteiger partial charge < -0.3 is 10.1 Å². The van der Waals surface area contributed by atoms with E-state index in [2.05, 4.69) is 40.9 Å². The predicted octanol–water partition coefficient (Wildman–Crippen LogP) is 2.45. The normalized spacial score (nSPS) is 18.2. The van der Waals surface area contributed by atoms with Gasteiger partial charge in [-0.2, -0.15) is 5.10 Å². The van der Waals surface area contributed by atoms with E-state index in [1.165, 1.54) is 24.0 Å². The molecule has 0 bridgehead atoms. The molecule has 3 rings (SSSR count). The van der Waals surface area contributed by atoms with Crippen molar-refractivity contribution in [2.45, 2.75) is 25.9 Å². The molecule has 112 valence electrons. The molecule has 1 unspecified atom stereocenters. The van der Waals surface area contributed by atoms with E-state index in [1.54, 1.807) is 0 Å². The third-order valence-electron chi connectivity index (χ3n) is 3.96. The van der Waals surface area contributed by atoms with Crippen LogP contribution in [0.4, 0.5) is 0 Å². The Kier molecular flexibility index (Phi) is 5.03. The zero-order valence-corrected chi connectivity index (χ0v) is 12.4. The minimum Gasteiger partial charge on any atom is -0.381 e. The maximum Gasteiger partial charge on any atom is 0.0659 e. The molecule has 1 saturated heterocycles. The smallest absolute Gasteiger partial charge is 0.0659 e. The number of nitrogens with zero attached hydrogens (tertiary/aromatic N) is 2. The topological polar surface area (TPSA) is 39.1 Å². The van der Waals surface area contributed by atoms with Gasteiger partial charge in [-0.05, 0) is 30.9 Å². The van der Waals surface area contributed by atoms with E-state index >= 15 is 0 Å². The van der Waals surface area contributed by atoms with E-state index in [0.29, 0.717) is 0 Å². The number of rotatable bonds is 7. The van der Waals surface area contributed by atoms with Crippen molar-refractivity contribution in [2.24, 2.45) is 5.92 Å². The van der Waals surface area contributed by atoms with Gasteiger partial charge in [0, 0.05) is 31.5 Å². The lowest BCUT2D eigenvalue weighted by molar-refractivity contribution is 0.184. The number of nitrogens with one attached hydrogen (secondary N) is 1. The van der Waals surface area contributed by atoms with E-state index in [0.717, 1.165) is 38.8 Å². The first-order valence-corrected chi connectivity index (χ1v) is 7.74. The first kappa shape index (κ1) is 14.3. The quantitative estimate of drug-likeness (QED) is 0.794. The van der Waals surface area contributed by atoms with Gasteiger partial charge in [0.25, 0.3) is 0 Å². The average Bonchev–Trinajstić information content (AvgIpc) is 3.17. The number of ether oxygens (including phenoxy) is 1. The number of benzene rings is 1. The van der Waals surface area contributed by atoms with Gasteiger partial charge in [-0.15, -0.1) is 0 Å². The molecule has 1 N–H and O–H groups in total. The Balaban J connectivity index is 1.40. The molecule has 0 spiro atoms. The van der Waals surface area contributed by atoms with Gasteiger partial charge >= 0.3 is 0 Å². The highest BCUT2D eigenvalue weighted by Crippen LogP contribution is 2.15. The molecule has 0 amide bonds. The Morgan fingerprint density at radius 1 is 1.24 bits per heavy atom. The maximum atomic E-state index is 5.39. The minimum absolute atomic E-state index is 0.748. The van der Waals surface area contributed by atoms with Crippen LogP contribution in [0.5, 0.6) is 0 Å². The van der Waals surface area contributed by atoms with Crippen molar-refractivity contribution in [2.75, 3.05) is 19.8 Å². The first-order chi connectivity index (χ1) is 10.4. The summed E-state index contributed by atoms with van der Waals surface area (Å²) in [5.41, 5.74) is 2.52. The molecular formula is C17H23N3O. The van der Waals surface area contributed by atoms with Crippen molar-refractivity contribution >= 4 is 0 Å². The molecule has 1 fully saturated rings. The monoisotopic (exact) mass is 285 g/mol. The van der Waals surface area contributed by atoms with Crippen LogP contribution in [0.3, 0.4) is 0 Å². The van der Waals surface area contributed by atoms with Crippen LogP contribution in [0.15, 0.2) is 42.7 Å². The fourth-order valence-electron chi connectivity index (χ4n) is 2.70. The molecule has 0 radical (unpaired) electrons. The lowest BCUT2D eigenvalue weighted by Crippen LogP contribution is -2.17. The second-order valence-electron chi connectivity index (χ2n) is 5.73. The standard InChI is InChI=1S/C17H23N3O/c1-2-4-15(5-3-1)12-20-13-17(11-19-20)10-18-8-6-16-7-9-21-14-16/h1-5,11,13,16,18H,6-10,12,14H2. The van der Waals surface area contributed by atoms with E-state index < -0.39 is 0 Å². The Bertz CT molecular complexity index is 532. The third kappa shape index (κ3) is 4.41. The van der Waals surface area contributed by atoms with Crippen LogP contribution in [0, 0.1) is 5.92 Å². The van der Waals surface area contributed by atoms with Crippen LogP contribution in [-0.2, 0) is 17.8 Å². The Labute approximate surface area is 126 Å². The van der Waals surface area contributed by atoms with Crippen LogP contribution >= 0.6 is 0 Å². The molecule has 4 nitrogen and oxygen atoms in total. The fraction of sp³-hybridized carbons (Fsp3) is 0.471. The Morgan fingerprint density at radius 3 is 2.95 bits per heavy atom. The highest BCUT2D eigenvalue weighted by atomic mass is 16.5. The van der Waals surface area contributed by atoms with E-state index in [4.69, 9.17) is 4.74 Å². The zero-order chi connectivity index (χ0) is 14.3. The van der Waals surface area contributed by atoms with Gasteiger partial charge in [0.05, 0.1) is 12.7 Å². The molecule has 1 aliphatic rings. The van der Waals surface area contributed by atoms with Crippen LogP contribution in [0.2, 0.25) is 0 Å². The molecule has 2 heterocycles. The van der Waals surface area contributed by atoms with E-state index in [9.17, 15) is 0 Å². The summed E-state index contributed by atoms with van der Waals surface area (Å²) in [6.45, 7) is 4.66. The number of hydrogen-bond acceptors (Lipinski definition) is 3. The summed E-state index contributed by atoms with van der Waals surface area (Å²) in [4.78, 5) is 0. The first-order valence-electron chi connectivity index (χ1n) is 7.74. The molecule has 21 heavy (non-hydrogen) atoms. The highest BCUT2D eigenvalue weighted by molar-refractivity contribution is 5.15. The van der Waals surface area contributed by atoms with Gasteiger partial charge in [0.1, 0.15) is 0 Å². The summed E-state index contributed by atoms with van der Waals surface area (Å²) in [5.74, 6) is 0.748. The lowest BCUT2D eigenvalue weighted by atomic mass is 10.1. The van der Waals surface area contributed by atoms with Crippen LogP contribution in [0.25, 0.3) is 0 Å². The van der Waals surface area contributed by atoms with Crippen molar-refractivity contribution in [1.29, 1.82) is 0 Å².